The molecular weight excluding hydrogens is 169 g/mol. The van der Waals surface area contributed by atoms with Gasteiger partial charge >= 0.3 is 0 Å². The fourth-order valence-corrected chi connectivity index (χ4v) is 0.853. The molecule has 0 aromatic heterocycles. The molecule has 0 fully saturated rings. The van der Waals surface area contributed by atoms with Crippen LogP contribution in [0.1, 0.15) is 5.56 Å². The van der Waals surface area contributed by atoms with Crippen molar-refractivity contribution in [2.24, 2.45) is 4.99 Å². The van der Waals surface area contributed by atoms with Crippen LogP contribution in [0.2, 0.25) is 0 Å². The zero-order valence-electron chi connectivity index (χ0n) is 6.90. The highest BCUT2D eigenvalue weighted by Crippen LogP contribution is 2.04. The van der Waals surface area contributed by atoms with Gasteiger partial charge in [-0.15, -0.1) is 0 Å². The summed E-state index contributed by atoms with van der Waals surface area (Å²) in [6, 6.07) is 6.05. The zero-order chi connectivity index (χ0) is 9.52. The molecule has 0 N–H and O–H groups in total. The minimum Gasteiger partial charge on any atom is -0.211 e. The Balaban J connectivity index is 2.58. The first kappa shape index (κ1) is 9.36. The number of benzene rings is 1. The van der Waals surface area contributed by atoms with Crippen molar-refractivity contribution >= 4 is 12.2 Å². The molecule has 0 saturated heterocycles. The number of hydrogen-bond donors (Lipinski definition) is 0. The van der Waals surface area contributed by atoms with Gasteiger partial charge in [-0.05, 0) is 17.7 Å². The molecule has 0 spiro atoms. The Morgan fingerprint density at radius 1 is 1.38 bits per heavy atom. The summed E-state index contributed by atoms with van der Waals surface area (Å²) in [5, 5.41) is 0. The first-order valence-corrected chi connectivity index (χ1v) is 3.78. The third-order valence-corrected chi connectivity index (χ3v) is 1.44. The highest BCUT2D eigenvalue weighted by molar-refractivity contribution is 5.49. The molecule has 0 amide bonds. The van der Waals surface area contributed by atoms with E-state index in [1.165, 1.54) is 18.2 Å². The summed E-state index contributed by atoms with van der Waals surface area (Å²) >= 11 is 0. The number of aliphatic imine (C=N–C) groups is 1. The Bertz CT molecular complexity index is 336. The topological polar surface area (TPSA) is 29.4 Å². The standard InChI is InChI=1S/C10H8FNO/c11-10-5-3-9(4-6-10)2-1-7-12-8-13/h1-6H,7H2/b2-1+. The molecule has 0 unspecified atom stereocenters. The first-order valence-electron chi connectivity index (χ1n) is 3.78. The molecule has 0 radical (unpaired) electrons. The van der Waals surface area contributed by atoms with Gasteiger partial charge in [-0.3, -0.25) is 0 Å². The highest BCUT2D eigenvalue weighted by atomic mass is 19.1. The van der Waals surface area contributed by atoms with Gasteiger partial charge in [-0.1, -0.05) is 24.3 Å². The van der Waals surface area contributed by atoms with Gasteiger partial charge in [0.1, 0.15) is 5.82 Å². The number of rotatable bonds is 3. The molecule has 0 aliphatic heterocycles. The molecular formula is C10H8FNO. The number of carbonyl (C=O) groups excluding carboxylic acids is 1. The lowest BCUT2D eigenvalue weighted by Crippen LogP contribution is -1.75. The van der Waals surface area contributed by atoms with Crippen molar-refractivity contribution in [3.05, 3.63) is 41.7 Å². The van der Waals surface area contributed by atoms with Gasteiger partial charge in [-0.2, -0.15) is 0 Å². The van der Waals surface area contributed by atoms with Crippen LogP contribution in [0.3, 0.4) is 0 Å². The van der Waals surface area contributed by atoms with Crippen LogP contribution in [0.4, 0.5) is 4.39 Å². The van der Waals surface area contributed by atoms with E-state index in [2.05, 4.69) is 4.99 Å². The lowest BCUT2D eigenvalue weighted by molar-refractivity contribution is 0.564. The summed E-state index contributed by atoms with van der Waals surface area (Å²) in [4.78, 5) is 13.0. The monoisotopic (exact) mass is 177 g/mol. The van der Waals surface area contributed by atoms with E-state index >= 15 is 0 Å². The van der Waals surface area contributed by atoms with Gasteiger partial charge < -0.3 is 0 Å². The van der Waals surface area contributed by atoms with E-state index in [9.17, 15) is 9.18 Å². The van der Waals surface area contributed by atoms with Gasteiger partial charge in [0.05, 0.1) is 6.54 Å². The second-order valence-electron chi connectivity index (χ2n) is 2.39. The molecule has 0 heterocycles. The van der Waals surface area contributed by atoms with Crippen molar-refractivity contribution in [1.82, 2.24) is 0 Å². The lowest BCUT2D eigenvalue weighted by Gasteiger charge is -1.90. The third kappa shape index (κ3) is 3.45. The van der Waals surface area contributed by atoms with Crippen molar-refractivity contribution in [3.63, 3.8) is 0 Å². The highest BCUT2D eigenvalue weighted by Gasteiger charge is 1.87. The molecule has 0 saturated carbocycles. The van der Waals surface area contributed by atoms with Crippen molar-refractivity contribution < 1.29 is 9.18 Å². The maximum Gasteiger partial charge on any atom is 0.235 e. The molecule has 0 atom stereocenters. The van der Waals surface area contributed by atoms with Crippen LogP contribution < -0.4 is 0 Å². The van der Waals surface area contributed by atoms with E-state index in [4.69, 9.17) is 0 Å². The van der Waals surface area contributed by atoms with Crippen LogP contribution in [-0.4, -0.2) is 12.6 Å². The molecule has 1 aromatic carbocycles. The van der Waals surface area contributed by atoms with E-state index in [0.29, 0.717) is 6.54 Å². The zero-order valence-corrected chi connectivity index (χ0v) is 6.90. The second kappa shape index (κ2) is 5.01. The normalized spacial score (nSPS) is 9.92. The number of nitrogens with zero attached hydrogens (tertiary/aromatic N) is 1. The fourth-order valence-electron chi connectivity index (χ4n) is 0.853. The minimum atomic E-state index is -0.261. The molecule has 2 nitrogen and oxygen atoms in total. The number of halogens is 1. The summed E-state index contributed by atoms with van der Waals surface area (Å²) in [7, 11) is 0. The Morgan fingerprint density at radius 2 is 2.08 bits per heavy atom. The molecule has 1 rings (SSSR count). The number of isocyanates is 1. The quantitative estimate of drug-likeness (QED) is 0.514. The fraction of sp³-hybridized carbons (Fsp3) is 0.100. The lowest BCUT2D eigenvalue weighted by atomic mass is 10.2. The summed E-state index contributed by atoms with van der Waals surface area (Å²) in [6.07, 6.45) is 4.90. The van der Waals surface area contributed by atoms with Gasteiger partial charge in [0.25, 0.3) is 0 Å². The van der Waals surface area contributed by atoms with Gasteiger partial charge in [0.2, 0.25) is 6.08 Å². The second-order valence-corrected chi connectivity index (χ2v) is 2.39. The summed E-state index contributed by atoms with van der Waals surface area (Å²) in [6.45, 7) is 0.306. The molecule has 0 aliphatic rings. The average molecular weight is 177 g/mol. The molecule has 3 heteroatoms. The Morgan fingerprint density at radius 3 is 2.69 bits per heavy atom. The molecule has 1 aromatic rings. The predicted molar refractivity (Wildman–Crippen MR) is 48.4 cm³/mol. The Hall–Kier alpha value is -1.73. The summed E-state index contributed by atoms with van der Waals surface area (Å²) in [5.41, 5.74) is 0.877. The Labute approximate surface area is 75.4 Å². The van der Waals surface area contributed by atoms with Crippen molar-refractivity contribution in [1.29, 1.82) is 0 Å². The van der Waals surface area contributed by atoms with Crippen molar-refractivity contribution in [3.8, 4) is 0 Å². The average Bonchev–Trinajstić information content (AvgIpc) is 2.15. The van der Waals surface area contributed by atoms with Gasteiger partial charge in [0.15, 0.2) is 0 Å². The summed E-state index contributed by atoms with van der Waals surface area (Å²) in [5.74, 6) is -0.261. The van der Waals surface area contributed by atoms with Crippen molar-refractivity contribution in [2.75, 3.05) is 6.54 Å². The largest absolute Gasteiger partial charge is 0.235 e. The van der Waals surface area contributed by atoms with Crippen LogP contribution in [0, 0.1) is 5.82 Å². The van der Waals surface area contributed by atoms with Crippen LogP contribution in [0.5, 0.6) is 0 Å². The predicted octanol–water partition coefficient (Wildman–Crippen LogP) is 2.17. The maximum absolute atomic E-state index is 12.4. The van der Waals surface area contributed by atoms with Crippen LogP contribution in [0.15, 0.2) is 35.3 Å². The molecule has 0 bridgehead atoms. The summed E-state index contributed by atoms with van der Waals surface area (Å²) < 4.78 is 12.4. The number of hydrogen-bond acceptors (Lipinski definition) is 2. The van der Waals surface area contributed by atoms with E-state index in [0.717, 1.165) is 5.56 Å². The Kier molecular flexibility index (Phi) is 3.61. The van der Waals surface area contributed by atoms with Crippen molar-refractivity contribution in [2.45, 2.75) is 0 Å². The third-order valence-electron chi connectivity index (χ3n) is 1.44. The van der Waals surface area contributed by atoms with Crippen LogP contribution >= 0.6 is 0 Å². The SMILES string of the molecule is O=C=NC/C=C/c1ccc(F)cc1. The van der Waals surface area contributed by atoms with E-state index < -0.39 is 0 Å². The smallest absolute Gasteiger partial charge is 0.211 e. The van der Waals surface area contributed by atoms with Gasteiger partial charge in [-0.25, -0.2) is 14.2 Å². The molecule has 0 aliphatic carbocycles. The van der Waals surface area contributed by atoms with Crippen LogP contribution in [0.25, 0.3) is 6.08 Å². The van der Waals surface area contributed by atoms with Crippen LogP contribution in [-0.2, 0) is 4.79 Å². The first-order chi connectivity index (χ1) is 6.33. The molecule has 13 heavy (non-hydrogen) atoms. The maximum atomic E-state index is 12.4. The molecule has 66 valence electrons. The minimum absolute atomic E-state index is 0.261. The van der Waals surface area contributed by atoms with E-state index in [1.807, 2.05) is 0 Å². The van der Waals surface area contributed by atoms with Gasteiger partial charge in [0, 0.05) is 0 Å². The van der Waals surface area contributed by atoms with E-state index in [-0.39, 0.29) is 5.82 Å². The van der Waals surface area contributed by atoms with E-state index in [1.54, 1.807) is 24.3 Å².